The van der Waals surface area contributed by atoms with E-state index in [-0.39, 0.29) is 12.3 Å². The molecule has 0 fully saturated rings. The molecule has 2 aromatic rings. The minimum atomic E-state index is -0.844. The molecule has 2 heterocycles. The van der Waals surface area contributed by atoms with Crippen LogP contribution in [0.5, 0.6) is 0 Å². The number of aromatic nitrogens is 1. The van der Waals surface area contributed by atoms with Crippen LogP contribution in [0.3, 0.4) is 0 Å². The standard InChI is InChI=1S/C18H17NO5/c1-3-22-18(21)15(11-23-16-10-12(2)17(20)24-16)19-9-8-13-6-4-5-7-14(13)19/h4-11,16H,3H2,1-2H3/b15-11-. The van der Waals surface area contributed by atoms with Crippen molar-refractivity contribution < 1.29 is 23.8 Å². The summed E-state index contributed by atoms with van der Waals surface area (Å²) in [7, 11) is 0. The third-order valence-corrected chi connectivity index (χ3v) is 3.59. The van der Waals surface area contributed by atoms with Gasteiger partial charge in [-0.15, -0.1) is 0 Å². The van der Waals surface area contributed by atoms with E-state index in [9.17, 15) is 9.59 Å². The van der Waals surface area contributed by atoms with E-state index in [4.69, 9.17) is 14.2 Å². The lowest BCUT2D eigenvalue weighted by Crippen LogP contribution is -2.15. The van der Waals surface area contributed by atoms with E-state index in [1.54, 1.807) is 30.7 Å². The molecule has 124 valence electrons. The summed E-state index contributed by atoms with van der Waals surface area (Å²) in [5, 5.41) is 0.982. The van der Waals surface area contributed by atoms with Gasteiger partial charge in [0.15, 0.2) is 5.70 Å². The first-order valence-corrected chi connectivity index (χ1v) is 7.58. The van der Waals surface area contributed by atoms with Crippen molar-refractivity contribution in [3.63, 3.8) is 0 Å². The van der Waals surface area contributed by atoms with Crippen LogP contribution >= 0.6 is 0 Å². The lowest BCUT2D eigenvalue weighted by Gasteiger charge is -2.12. The molecule has 0 N–H and O–H groups in total. The van der Waals surface area contributed by atoms with Gasteiger partial charge in [0, 0.05) is 17.8 Å². The third kappa shape index (κ3) is 3.03. The molecule has 0 aliphatic carbocycles. The topological polar surface area (TPSA) is 66.8 Å². The zero-order valence-electron chi connectivity index (χ0n) is 13.4. The molecule has 1 unspecified atom stereocenters. The Hall–Kier alpha value is -3.02. The number of carbonyl (C=O) groups is 2. The van der Waals surface area contributed by atoms with Crippen molar-refractivity contribution in [2.24, 2.45) is 0 Å². The maximum absolute atomic E-state index is 12.3. The zero-order chi connectivity index (χ0) is 17.1. The molecule has 24 heavy (non-hydrogen) atoms. The molecule has 0 saturated carbocycles. The van der Waals surface area contributed by atoms with E-state index in [0.29, 0.717) is 5.57 Å². The van der Waals surface area contributed by atoms with Crippen molar-refractivity contribution in [2.75, 3.05) is 6.61 Å². The molecule has 1 aromatic carbocycles. The summed E-state index contributed by atoms with van der Waals surface area (Å²) in [6.07, 6.45) is 3.73. The Morgan fingerprint density at radius 2 is 2.12 bits per heavy atom. The van der Waals surface area contributed by atoms with Gasteiger partial charge in [0.2, 0.25) is 0 Å². The first-order valence-electron chi connectivity index (χ1n) is 7.58. The summed E-state index contributed by atoms with van der Waals surface area (Å²) in [5.74, 6) is -0.957. The number of para-hydroxylation sites is 1. The molecule has 0 saturated heterocycles. The minimum absolute atomic E-state index is 0.201. The number of ether oxygens (including phenoxy) is 3. The van der Waals surface area contributed by atoms with E-state index in [0.717, 1.165) is 10.9 Å². The Bertz CT molecular complexity index is 846. The van der Waals surface area contributed by atoms with E-state index < -0.39 is 18.2 Å². The number of hydrogen-bond donors (Lipinski definition) is 0. The lowest BCUT2D eigenvalue weighted by atomic mass is 10.2. The molecular weight excluding hydrogens is 310 g/mol. The molecule has 0 radical (unpaired) electrons. The van der Waals surface area contributed by atoms with Gasteiger partial charge < -0.3 is 18.8 Å². The smallest absolute Gasteiger partial charge is 0.358 e. The highest BCUT2D eigenvalue weighted by atomic mass is 16.7. The minimum Gasteiger partial charge on any atom is -0.461 e. The SMILES string of the molecule is CCOC(=O)/C(=C/OC1C=C(C)C(=O)O1)n1ccc2ccccc21. The molecule has 1 aromatic heterocycles. The Morgan fingerprint density at radius 3 is 2.83 bits per heavy atom. The second-order valence-electron chi connectivity index (χ2n) is 5.23. The van der Waals surface area contributed by atoms with Gasteiger partial charge in [-0.3, -0.25) is 0 Å². The summed E-state index contributed by atoms with van der Waals surface area (Å²) in [5.41, 5.74) is 1.51. The molecule has 1 atom stereocenters. The third-order valence-electron chi connectivity index (χ3n) is 3.59. The van der Waals surface area contributed by atoms with E-state index >= 15 is 0 Å². The average Bonchev–Trinajstić information content (AvgIpc) is 3.12. The fraction of sp³-hybridized carbons (Fsp3) is 0.222. The normalized spacial score (nSPS) is 17.6. The molecule has 0 amide bonds. The van der Waals surface area contributed by atoms with Gasteiger partial charge in [0.1, 0.15) is 6.26 Å². The van der Waals surface area contributed by atoms with Crippen molar-refractivity contribution in [3.8, 4) is 0 Å². The van der Waals surface area contributed by atoms with Gasteiger partial charge in [0.25, 0.3) is 6.29 Å². The number of nitrogens with zero attached hydrogens (tertiary/aromatic N) is 1. The number of fused-ring (bicyclic) bond motifs is 1. The summed E-state index contributed by atoms with van der Waals surface area (Å²) in [4.78, 5) is 23.7. The van der Waals surface area contributed by atoms with Crippen LogP contribution in [0.1, 0.15) is 13.8 Å². The zero-order valence-corrected chi connectivity index (χ0v) is 13.4. The van der Waals surface area contributed by atoms with Crippen molar-refractivity contribution in [3.05, 3.63) is 54.4 Å². The van der Waals surface area contributed by atoms with Gasteiger partial charge in [-0.2, -0.15) is 0 Å². The van der Waals surface area contributed by atoms with Crippen molar-refractivity contribution >= 4 is 28.5 Å². The summed E-state index contributed by atoms with van der Waals surface area (Å²) in [6, 6.07) is 9.53. The molecule has 6 heteroatoms. The highest BCUT2D eigenvalue weighted by molar-refractivity contribution is 6.11. The van der Waals surface area contributed by atoms with Gasteiger partial charge in [-0.05, 0) is 31.4 Å². The second kappa shape index (κ2) is 6.62. The molecule has 0 spiro atoms. The first-order chi connectivity index (χ1) is 11.6. The maximum atomic E-state index is 12.3. The summed E-state index contributed by atoms with van der Waals surface area (Å²) in [6.45, 7) is 3.61. The largest absolute Gasteiger partial charge is 0.461 e. The van der Waals surface area contributed by atoms with Crippen LogP contribution in [0.2, 0.25) is 0 Å². The predicted octanol–water partition coefficient (Wildman–Crippen LogP) is 2.85. The molecule has 3 rings (SSSR count). The van der Waals surface area contributed by atoms with Crippen LogP contribution in [0.25, 0.3) is 16.6 Å². The van der Waals surface area contributed by atoms with Crippen molar-refractivity contribution in [1.29, 1.82) is 0 Å². The number of cyclic esters (lactones) is 1. The monoisotopic (exact) mass is 327 g/mol. The van der Waals surface area contributed by atoms with Crippen LogP contribution in [0.15, 0.2) is 54.4 Å². The highest BCUT2D eigenvalue weighted by Gasteiger charge is 2.24. The molecule has 0 bridgehead atoms. The van der Waals surface area contributed by atoms with Gasteiger partial charge in [-0.25, -0.2) is 9.59 Å². The predicted molar refractivity (Wildman–Crippen MR) is 87.6 cm³/mol. The van der Waals surface area contributed by atoms with Gasteiger partial charge in [-0.1, -0.05) is 18.2 Å². The summed E-state index contributed by atoms with van der Waals surface area (Å²) < 4.78 is 17.2. The Kier molecular flexibility index (Phi) is 4.37. The van der Waals surface area contributed by atoms with Crippen LogP contribution < -0.4 is 0 Å². The Morgan fingerprint density at radius 1 is 1.33 bits per heavy atom. The molecule has 1 aliphatic heterocycles. The first kappa shape index (κ1) is 15.9. The number of hydrogen-bond acceptors (Lipinski definition) is 5. The Labute approximate surface area is 138 Å². The Balaban J connectivity index is 1.93. The van der Waals surface area contributed by atoms with Crippen LogP contribution in [-0.4, -0.2) is 29.4 Å². The van der Waals surface area contributed by atoms with Crippen molar-refractivity contribution in [1.82, 2.24) is 4.57 Å². The van der Waals surface area contributed by atoms with Gasteiger partial charge in [0.05, 0.1) is 12.1 Å². The number of carbonyl (C=O) groups excluding carboxylic acids is 2. The van der Waals surface area contributed by atoms with E-state index in [1.807, 2.05) is 30.3 Å². The van der Waals surface area contributed by atoms with E-state index in [2.05, 4.69) is 0 Å². The molecular formula is C18H17NO5. The second-order valence-corrected chi connectivity index (χ2v) is 5.23. The number of benzene rings is 1. The van der Waals surface area contributed by atoms with E-state index in [1.165, 1.54) is 6.26 Å². The van der Waals surface area contributed by atoms with Gasteiger partial charge >= 0.3 is 11.9 Å². The molecule has 6 nitrogen and oxygen atoms in total. The fourth-order valence-electron chi connectivity index (χ4n) is 2.40. The van der Waals surface area contributed by atoms with Crippen LogP contribution in [0.4, 0.5) is 0 Å². The quantitative estimate of drug-likeness (QED) is 0.480. The average molecular weight is 327 g/mol. The lowest BCUT2D eigenvalue weighted by molar-refractivity contribution is -0.152. The number of rotatable bonds is 5. The van der Waals surface area contributed by atoms with Crippen LogP contribution in [-0.2, 0) is 23.8 Å². The maximum Gasteiger partial charge on any atom is 0.358 e. The highest BCUT2D eigenvalue weighted by Crippen LogP contribution is 2.22. The fourth-order valence-corrected chi connectivity index (χ4v) is 2.40. The summed E-state index contributed by atoms with van der Waals surface area (Å²) >= 11 is 0. The van der Waals surface area contributed by atoms with Crippen LogP contribution in [0, 0.1) is 0 Å². The molecule has 1 aliphatic rings. The van der Waals surface area contributed by atoms with Crippen molar-refractivity contribution in [2.45, 2.75) is 20.1 Å². The number of esters is 2.